The van der Waals surface area contributed by atoms with E-state index < -0.39 is 0 Å². The Hall–Kier alpha value is -5.83. The molecule has 0 atom stereocenters. The van der Waals surface area contributed by atoms with Gasteiger partial charge in [-0.2, -0.15) is 0 Å². The van der Waals surface area contributed by atoms with Crippen LogP contribution in [0.4, 0.5) is 0 Å². The molecule has 0 radical (unpaired) electrons. The summed E-state index contributed by atoms with van der Waals surface area (Å²) in [5.74, 6) is 3.72. The minimum atomic E-state index is -0.167. The van der Waals surface area contributed by atoms with Crippen molar-refractivity contribution >= 4 is 73.8 Å². The molecule has 2 aromatic carbocycles. The number of nitrogens with two attached hydrogens (primary N) is 5. The fourth-order valence-electron chi connectivity index (χ4n) is 2.64. The third-order valence-corrected chi connectivity index (χ3v) is 6.75. The minimum Gasteiger partial charge on any atom is -0.394 e. The number of aliphatic hydroxyl groups is 1. The Morgan fingerprint density at radius 3 is 0.575 bits per heavy atom. The lowest BCUT2D eigenvalue weighted by Gasteiger charge is -2.24. The van der Waals surface area contributed by atoms with Gasteiger partial charge in [0.25, 0.3) is 0 Å². The molecule has 0 bridgehead atoms. The van der Waals surface area contributed by atoms with Crippen molar-refractivity contribution in [2.24, 2.45) is 52.3 Å². The van der Waals surface area contributed by atoms with Crippen molar-refractivity contribution < 1.29 is 57.8 Å². The van der Waals surface area contributed by atoms with Gasteiger partial charge in [-0.25, -0.2) is 0 Å². The van der Waals surface area contributed by atoms with Gasteiger partial charge in [-0.15, -0.1) is 0 Å². The topological polar surface area (TPSA) is 516 Å². The molecule has 1 aliphatic heterocycles. The molecule has 3 rings (SSSR count). The Morgan fingerprint density at radius 1 is 0.379 bits per heavy atom. The maximum Gasteiger partial charge on any atom is 0.219 e. The Labute approximate surface area is 540 Å². The number of likely N-dealkylation sites (tertiary alicyclic amines) is 1. The molecule has 23 nitrogen and oxygen atoms in total. The van der Waals surface area contributed by atoms with Crippen LogP contribution in [0.2, 0.25) is 0 Å². The number of nitrogens with zero attached hydrogens (tertiary/aromatic N) is 1. The van der Waals surface area contributed by atoms with Gasteiger partial charge < -0.3 is 117 Å². The normalized spacial score (nSPS) is 7.16. The number of carbonyl (C=O) groups is 11. The highest BCUT2D eigenvalue weighted by molar-refractivity contribution is 5.73. The van der Waals surface area contributed by atoms with E-state index >= 15 is 0 Å². The number of aryl methyl sites for hydroxylation is 2. The Morgan fingerprint density at radius 2 is 0.506 bits per heavy atom. The molecular formula is C64H159N11O12. The molecule has 2 aromatic rings. The predicted molar refractivity (Wildman–Crippen MR) is 391 cm³/mol. The van der Waals surface area contributed by atoms with E-state index in [0.29, 0.717) is 0 Å². The summed E-state index contributed by atoms with van der Waals surface area (Å²) in [6, 6.07) is 20.9. The maximum absolute atomic E-state index is 10.7. The second-order valence-electron chi connectivity index (χ2n) is 14.5. The van der Waals surface area contributed by atoms with Crippen molar-refractivity contribution in [3.05, 3.63) is 71.8 Å². The molecule has 0 saturated carbocycles. The van der Waals surface area contributed by atoms with Gasteiger partial charge >= 0.3 is 0 Å². The van der Waals surface area contributed by atoms with E-state index in [-0.39, 0.29) is 42.8 Å². The second kappa shape index (κ2) is 296. The van der Waals surface area contributed by atoms with E-state index in [1.165, 1.54) is 84.9 Å². The number of hydrogen-bond acceptors (Lipinski definition) is 22. The van der Waals surface area contributed by atoms with Crippen molar-refractivity contribution in [1.29, 1.82) is 0 Å². The van der Waals surface area contributed by atoms with Crippen molar-refractivity contribution in [2.75, 3.05) is 48.3 Å². The maximum atomic E-state index is 10.7. The molecule has 1 amide bonds. The fourth-order valence-corrected chi connectivity index (χ4v) is 2.64. The van der Waals surface area contributed by atoms with Crippen molar-refractivity contribution in [1.82, 2.24) is 35.7 Å². The molecule has 23 heteroatoms. The van der Waals surface area contributed by atoms with E-state index in [9.17, 15) is 4.79 Å². The van der Waals surface area contributed by atoms with Crippen LogP contribution in [0.15, 0.2) is 60.7 Å². The summed E-state index contributed by atoms with van der Waals surface area (Å²) in [7, 11) is 7.50. The molecular weight excluding hydrogens is 1110 g/mol. The largest absolute Gasteiger partial charge is 0.394 e. The first-order chi connectivity index (χ1) is 39.4. The summed E-state index contributed by atoms with van der Waals surface area (Å²) in [5.41, 5.74) is 25.3. The molecule has 0 aromatic heterocycles. The summed E-state index contributed by atoms with van der Waals surface area (Å²) < 4.78 is 0. The average molecular weight is 1280 g/mol. The van der Waals surface area contributed by atoms with E-state index in [4.69, 9.17) is 53.1 Å². The average Bonchev–Trinajstić information content (AvgIpc) is 3.58. The molecule has 87 heavy (non-hydrogen) atoms. The van der Waals surface area contributed by atoms with Crippen LogP contribution in [0.3, 0.4) is 0 Å². The molecule has 1 heterocycles. The summed E-state index contributed by atoms with van der Waals surface area (Å²) in [6.07, 6.45) is 9.71. The van der Waals surface area contributed by atoms with Gasteiger partial charge in [0, 0.05) is 26.1 Å². The van der Waals surface area contributed by atoms with Crippen LogP contribution in [0.1, 0.15) is 195 Å². The van der Waals surface area contributed by atoms with Crippen LogP contribution in [-0.4, -0.2) is 138 Å². The summed E-state index contributed by atoms with van der Waals surface area (Å²) in [4.78, 5) is 92.6. The van der Waals surface area contributed by atoms with Crippen molar-refractivity contribution in [2.45, 2.75) is 203 Å². The van der Waals surface area contributed by atoms with E-state index in [2.05, 4.69) is 174 Å². The van der Waals surface area contributed by atoms with Crippen LogP contribution >= 0.6 is 0 Å². The zero-order valence-corrected chi connectivity index (χ0v) is 62.1. The van der Waals surface area contributed by atoms with Crippen molar-refractivity contribution in [3.8, 4) is 0 Å². The van der Waals surface area contributed by atoms with E-state index in [0.717, 1.165) is 49.6 Å². The summed E-state index contributed by atoms with van der Waals surface area (Å²) >= 11 is 0. The lowest BCUT2D eigenvalue weighted by atomic mass is 10.1. The SMILES string of the molecule is C=O.C=O.C=O.C=O.C=O.C=O.C=O.C=O.C=O.C=O.CC.CC.CC(=O)N1CCCCC1.CC(C)C.CC(C)O.CCC(C)C.CCC(C)C.CCC(C)C.CCc1ccccc1.CCc1ccccc1.CN.CN.CN.CN.CN.N.N.N.N.N. The molecule has 0 unspecified atom stereocenters. The number of amides is 1. The number of piperidine rings is 1. The first-order valence-corrected chi connectivity index (χ1v) is 27.2. The van der Waals surface area contributed by atoms with Crippen LogP contribution < -0.4 is 59.4 Å². The third kappa shape index (κ3) is 473. The summed E-state index contributed by atoms with van der Waals surface area (Å²) in [6.45, 7) is 65.8. The highest BCUT2D eigenvalue weighted by Crippen LogP contribution is 2.07. The van der Waals surface area contributed by atoms with E-state index in [1.54, 1.807) is 20.8 Å². The van der Waals surface area contributed by atoms with Gasteiger partial charge in [0.2, 0.25) is 5.91 Å². The second-order valence-corrected chi connectivity index (χ2v) is 14.5. The van der Waals surface area contributed by atoms with Gasteiger partial charge in [0.15, 0.2) is 0 Å². The molecule has 0 aliphatic carbocycles. The zero-order chi connectivity index (χ0) is 72.3. The van der Waals surface area contributed by atoms with Gasteiger partial charge in [-0.1, -0.05) is 205 Å². The quantitative estimate of drug-likeness (QED) is 0.132. The molecule has 542 valence electrons. The lowest BCUT2D eigenvalue weighted by molar-refractivity contribution is -0.129. The molecule has 26 N–H and O–H groups in total. The monoisotopic (exact) mass is 1270 g/mol. The number of rotatable bonds is 5. The van der Waals surface area contributed by atoms with Crippen molar-refractivity contribution in [3.63, 3.8) is 0 Å². The Balaban J connectivity index is -0.0000000177. The molecule has 1 fully saturated rings. The molecule has 0 spiro atoms. The van der Waals surface area contributed by atoms with Crippen LogP contribution in [-0.2, 0) is 65.6 Å². The fraction of sp³-hybridized carbons (Fsp3) is 0.641. The summed E-state index contributed by atoms with van der Waals surface area (Å²) in [5, 5.41) is 8.06. The van der Waals surface area contributed by atoms with Gasteiger partial charge in [-0.3, -0.25) is 4.79 Å². The van der Waals surface area contributed by atoms with Crippen LogP contribution in [0.5, 0.6) is 0 Å². The standard InChI is InChI=1S/2C8H10.C7H13NO.3C5H12.C4H10.C3H8O.2C2H6.5CH5N.10CH2O.5H3N/c2*1-2-8-6-4-3-5-7-8;1-7(9)8-5-3-2-4-6-8;3*1-4-5(2)3;1-4(2)3;1-3(2)4;17*1-2;;;;;/h2*3-7H,2H2,1H3;2-6H2,1H3;3*5H,4H2,1-3H3;4H,1-3H3;3-4H,1-2H3;2*1-2H3;5*2H2,1H3;10*1H2;5*1H3. The Kier molecular flexibility index (Phi) is 606. The van der Waals surface area contributed by atoms with Crippen LogP contribution in [0, 0.1) is 23.7 Å². The number of benzene rings is 2. The number of hydrogen-bond donors (Lipinski definition) is 11. The highest BCUT2D eigenvalue weighted by atomic mass is 16.3. The third-order valence-electron chi connectivity index (χ3n) is 6.75. The highest BCUT2D eigenvalue weighted by Gasteiger charge is 2.11. The van der Waals surface area contributed by atoms with Crippen LogP contribution in [0.25, 0.3) is 0 Å². The molecule has 1 aliphatic rings. The first kappa shape index (κ1) is 178. The van der Waals surface area contributed by atoms with Gasteiger partial charge in [0.1, 0.15) is 67.9 Å². The number of aliphatic hydroxyl groups excluding tert-OH is 1. The predicted octanol–water partition coefficient (Wildman–Crippen LogP) is 12.6. The zero-order valence-electron chi connectivity index (χ0n) is 62.1. The lowest BCUT2D eigenvalue weighted by Crippen LogP contribution is -2.33. The number of carbonyl (C=O) groups excluding carboxylic acids is 11. The smallest absolute Gasteiger partial charge is 0.219 e. The Bertz CT molecular complexity index is 950. The van der Waals surface area contributed by atoms with Gasteiger partial charge in [-0.05, 0) is 116 Å². The first-order valence-electron chi connectivity index (χ1n) is 27.2. The van der Waals surface area contributed by atoms with Gasteiger partial charge in [0.05, 0.1) is 0 Å². The van der Waals surface area contributed by atoms with E-state index in [1.807, 2.05) is 113 Å². The minimum absolute atomic E-state index is 0. The molecule has 1 saturated heterocycles.